The molecule has 60 heavy (non-hydrogen) atoms. The second-order valence-electron chi connectivity index (χ2n) is 16.1. The van der Waals surface area contributed by atoms with E-state index < -0.39 is 12.2 Å². The third-order valence-corrected chi connectivity index (χ3v) is 11.8. The Hall–Kier alpha value is -5.02. The van der Waals surface area contributed by atoms with Gasteiger partial charge >= 0.3 is 0 Å². The maximum absolute atomic E-state index is 6.81. The average Bonchev–Trinajstić information content (AvgIpc) is 3.29. The van der Waals surface area contributed by atoms with E-state index in [4.69, 9.17) is 28.4 Å². The van der Waals surface area contributed by atoms with Gasteiger partial charge in [0, 0.05) is 17.0 Å². The molecule has 0 amide bonds. The number of ether oxygens (including phenoxy) is 6. The van der Waals surface area contributed by atoms with Crippen LogP contribution in [0.5, 0.6) is 0 Å². The summed E-state index contributed by atoms with van der Waals surface area (Å²) in [4.78, 5) is 0. The average molecular weight is 803 g/mol. The van der Waals surface area contributed by atoms with Crippen molar-refractivity contribution in [1.82, 2.24) is 0 Å². The molecule has 310 valence electrons. The Labute approximate surface area is 357 Å². The zero-order valence-corrected chi connectivity index (χ0v) is 35.3. The van der Waals surface area contributed by atoms with Crippen molar-refractivity contribution in [2.24, 2.45) is 17.8 Å². The van der Waals surface area contributed by atoms with Crippen LogP contribution in [0.25, 0.3) is 0 Å². The molecule has 0 N–H and O–H groups in total. The first-order chi connectivity index (χ1) is 29.4. The molecule has 2 aliphatic rings. The molecular formula is C54H58O6. The summed E-state index contributed by atoms with van der Waals surface area (Å²) in [7, 11) is 0. The molecule has 0 radical (unpaired) electrons. The smallest absolute Gasteiger partial charge is 0.145 e. The van der Waals surface area contributed by atoms with Gasteiger partial charge in [-0.05, 0) is 64.8 Å². The molecule has 2 aliphatic heterocycles. The molecule has 5 aromatic rings. The van der Waals surface area contributed by atoms with E-state index in [1.807, 2.05) is 97.1 Å². The van der Waals surface area contributed by atoms with Gasteiger partial charge in [-0.3, -0.25) is 0 Å². The van der Waals surface area contributed by atoms with E-state index in [0.717, 1.165) is 39.8 Å². The fourth-order valence-corrected chi connectivity index (χ4v) is 8.06. The van der Waals surface area contributed by atoms with Gasteiger partial charge in [0.1, 0.15) is 24.4 Å². The molecule has 10 atom stereocenters. The van der Waals surface area contributed by atoms with Crippen LogP contribution in [-0.2, 0) is 54.8 Å². The molecule has 0 saturated carbocycles. The van der Waals surface area contributed by atoms with Crippen LogP contribution in [0.4, 0.5) is 0 Å². The minimum Gasteiger partial charge on any atom is -0.374 e. The van der Waals surface area contributed by atoms with Crippen LogP contribution in [0.3, 0.4) is 0 Å². The van der Waals surface area contributed by atoms with E-state index in [-0.39, 0.29) is 36.4 Å². The quantitative estimate of drug-likeness (QED) is 0.104. The van der Waals surface area contributed by atoms with Gasteiger partial charge in [-0.25, -0.2) is 0 Å². The lowest BCUT2D eigenvalue weighted by Gasteiger charge is -2.44. The first kappa shape index (κ1) is 43.1. The van der Waals surface area contributed by atoms with Gasteiger partial charge in [-0.1, -0.05) is 173 Å². The van der Waals surface area contributed by atoms with Crippen LogP contribution < -0.4 is 0 Å². The molecule has 6 nitrogen and oxygen atoms in total. The third-order valence-electron chi connectivity index (χ3n) is 11.8. The SMILES string of the molecule is CC[C@H]1O[C@H](C#Cc2ccc(C#C[C@H]3O[C@H](COCc4ccccc4)[C@@H](OCc4ccccc4)[C@H](OCc4ccccc4)[C@@H]3C)cc2)[C@@H](OCc2ccccc2)[C@@H](C)[C@@H]1C. The molecule has 2 heterocycles. The maximum Gasteiger partial charge on any atom is 0.145 e. The molecule has 0 bridgehead atoms. The summed E-state index contributed by atoms with van der Waals surface area (Å²) >= 11 is 0. The Morgan fingerprint density at radius 2 is 0.850 bits per heavy atom. The molecule has 0 aliphatic carbocycles. The molecule has 0 spiro atoms. The van der Waals surface area contributed by atoms with Crippen molar-refractivity contribution < 1.29 is 28.4 Å². The number of benzene rings is 5. The lowest BCUT2D eigenvalue weighted by atomic mass is 9.80. The molecule has 6 heteroatoms. The highest BCUT2D eigenvalue weighted by atomic mass is 16.6. The predicted octanol–water partition coefficient (Wildman–Crippen LogP) is 10.2. The normalized spacial score (nSPS) is 26.3. The second kappa shape index (κ2) is 22.0. The fraction of sp³-hybridized carbons (Fsp3) is 0.370. The van der Waals surface area contributed by atoms with Crippen molar-refractivity contribution in [3.63, 3.8) is 0 Å². The minimum atomic E-state index is -0.417. The topological polar surface area (TPSA) is 55.4 Å². The second-order valence-corrected chi connectivity index (χ2v) is 16.1. The molecule has 0 unspecified atom stereocenters. The zero-order chi connectivity index (χ0) is 41.5. The molecule has 5 aromatic carbocycles. The van der Waals surface area contributed by atoms with Crippen LogP contribution in [0.1, 0.15) is 67.5 Å². The lowest BCUT2D eigenvalue weighted by molar-refractivity contribution is -0.231. The number of rotatable bonds is 14. The maximum atomic E-state index is 6.81. The minimum absolute atomic E-state index is 0.0953. The summed E-state index contributed by atoms with van der Waals surface area (Å²) in [5.41, 5.74) is 6.20. The van der Waals surface area contributed by atoms with E-state index in [0.29, 0.717) is 44.9 Å². The monoisotopic (exact) mass is 802 g/mol. The first-order valence-electron chi connectivity index (χ1n) is 21.5. The summed E-state index contributed by atoms with van der Waals surface area (Å²) < 4.78 is 39.7. The van der Waals surface area contributed by atoms with Gasteiger partial charge in [0.05, 0.1) is 51.3 Å². The van der Waals surface area contributed by atoms with E-state index in [1.165, 1.54) is 0 Å². The Morgan fingerprint density at radius 3 is 1.33 bits per heavy atom. The van der Waals surface area contributed by atoms with Crippen LogP contribution in [-0.4, -0.2) is 49.3 Å². The largest absolute Gasteiger partial charge is 0.374 e. The Balaban J connectivity index is 1.08. The number of hydrogen-bond donors (Lipinski definition) is 0. The van der Waals surface area contributed by atoms with Crippen molar-refractivity contribution in [2.45, 2.75) is 103 Å². The van der Waals surface area contributed by atoms with Crippen molar-refractivity contribution in [1.29, 1.82) is 0 Å². The fourth-order valence-electron chi connectivity index (χ4n) is 8.06. The molecule has 2 fully saturated rings. The first-order valence-corrected chi connectivity index (χ1v) is 21.5. The highest BCUT2D eigenvalue weighted by molar-refractivity contribution is 5.43. The summed E-state index contributed by atoms with van der Waals surface area (Å²) in [6.45, 7) is 11.0. The van der Waals surface area contributed by atoms with E-state index in [2.05, 4.69) is 99.9 Å². The van der Waals surface area contributed by atoms with E-state index in [1.54, 1.807) is 0 Å². The van der Waals surface area contributed by atoms with Gasteiger partial charge in [0.2, 0.25) is 0 Å². The molecule has 0 aromatic heterocycles. The van der Waals surface area contributed by atoms with Crippen molar-refractivity contribution >= 4 is 0 Å². The van der Waals surface area contributed by atoms with Gasteiger partial charge in [-0.2, -0.15) is 0 Å². The Kier molecular flexibility index (Phi) is 15.8. The van der Waals surface area contributed by atoms with Crippen molar-refractivity contribution in [3.8, 4) is 23.7 Å². The van der Waals surface area contributed by atoms with E-state index in [9.17, 15) is 0 Å². The zero-order valence-electron chi connectivity index (χ0n) is 35.3. The Morgan fingerprint density at radius 1 is 0.433 bits per heavy atom. The van der Waals surface area contributed by atoms with Gasteiger partial charge in [0.15, 0.2) is 0 Å². The summed E-state index contributed by atoms with van der Waals surface area (Å²) in [5.74, 6) is 14.3. The highest BCUT2D eigenvalue weighted by Crippen LogP contribution is 2.35. The van der Waals surface area contributed by atoms with Crippen molar-refractivity contribution in [2.75, 3.05) is 6.61 Å². The third kappa shape index (κ3) is 11.8. The van der Waals surface area contributed by atoms with Crippen molar-refractivity contribution in [3.05, 3.63) is 179 Å². The highest BCUT2D eigenvalue weighted by Gasteiger charge is 2.45. The van der Waals surface area contributed by atoms with Crippen LogP contribution in [0.2, 0.25) is 0 Å². The number of hydrogen-bond acceptors (Lipinski definition) is 6. The standard InChI is InChI=1S/C54H58O6/c1-5-48-39(2)40(3)52(56-35-45-20-12-7-13-21-45)50(59-48)33-31-43-28-26-42(27-29-43)30-32-49-41(4)53(57-36-46-22-14-8-15-23-46)54(58-37-47-24-16-9-17-25-47)51(60-49)38-55-34-44-18-10-6-11-19-44/h6-29,39-41,48-54H,5,34-38H2,1-4H3/t39-,40-,41+,48+,49+,50+,51+,52-,53+,54+/m0/s1. The van der Waals surface area contributed by atoms with Gasteiger partial charge < -0.3 is 28.4 Å². The van der Waals surface area contributed by atoms with Gasteiger partial charge in [-0.15, -0.1) is 0 Å². The van der Waals surface area contributed by atoms with Crippen LogP contribution >= 0.6 is 0 Å². The van der Waals surface area contributed by atoms with Crippen LogP contribution in [0, 0.1) is 41.4 Å². The summed E-state index contributed by atoms with van der Waals surface area (Å²) in [5, 5.41) is 0. The van der Waals surface area contributed by atoms with Crippen LogP contribution in [0.15, 0.2) is 146 Å². The Bertz CT molecular complexity index is 2140. The lowest BCUT2D eigenvalue weighted by Crippen LogP contribution is -2.56. The van der Waals surface area contributed by atoms with Gasteiger partial charge in [0.25, 0.3) is 0 Å². The summed E-state index contributed by atoms with van der Waals surface area (Å²) in [6, 6.07) is 49.0. The summed E-state index contributed by atoms with van der Waals surface area (Å²) in [6.07, 6.45) is -0.885. The predicted molar refractivity (Wildman–Crippen MR) is 236 cm³/mol. The molecule has 7 rings (SSSR count). The molecule has 2 saturated heterocycles. The van der Waals surface area contributed by atoms with E-state index >= 15 is 0 Å². The molecular weight excluding hydrogens is 745 g/mol.